The summed E-state index contributed by atoms with van der Waals surface area (Å²) in [5, 5.41) is 0. The van der Waals surface area contributed by atoms with Crippen LogP contribution in [0.4, 0.5) is 0 Å². The molecule has 1 saturated carbocycles. The molecule has 64 valence electrons. The van der Waals surface area contributed by atoms with E-state index >= 15 is 0 Å². The van der Waals surface area contributed by atoms with Gasteiger partial charge in [0.2, 0.25) is 0 Å². The number of ether oxygens (including phenoxy) is 1. The van der Waals surface area contributed by atoms with Gasteiger partial charge in [0.25, 0.3) is 0 Å². The van der Waals surface area contributed by atoms with E-state index in [1.54, 1.807) is 7.11 Å². The minimum Gasteiger partial charge on any atom is -0.378 e. The fraction of sp³-hybridized carbons (Fsp3) is 0.889. The van der Waals surface area contributed by atoms with E-state index in [0.29, 0.717) is 6.42 Å². The van der Waals surface area contributed by atoms with Crippen molar-refractivity contribution in [3.63, 3.8) is 0 Å². The quantitative estimate of drug-likeness (QED) is 0.583. The number of aldehydes is 1. The highest BCUT2D eigenvalue weighted by Gasteiger charge is 2.30. The van der Waals surface area contributed by atoms with Crippen LogP contribution in [-0.2, 0) is 9.53 Å². The van der Waals surface area contributed by atoms with E-state index < -0.39 is 0 Å². The van der Waals surface area contributed by atoms with E-state index in [9.17, 15) is 4.79 Å². The van der Waals surface area contributed by atoms with Crippen LogP contribution < -0.4 is 0 Å². The summed E-state index contributed by atoms with van der Waals surface area (Å²) in [6, 6.07) is 0. The second kappa shape index (κ2) is 3.86. The fourth-order valence-corrected chi connectivity index (χ4v) is 1.84. The molecule has 0 atom stereocenters. The van der Waals surface area contributed by atoms with Gasteiger partial charge in [0.05, 0.1) is 5.60 Å². The molecule has 0 aromatic carbocycles. The Labute approximate surface area is 67.9 Å². The van der Waals surface area contributed by atoms with Gasteiger partial charge in [-0.05, 0) is 12.8 Å². The molecular formula is C9H16O2. The molecule has 2 nitrogen and oxygen atoms in total. The predicted molar refractivity (Wildman–Crippen MR) is 43.5 cm³/mol. The monoisotopic (exact) mass is 156 g/mol. The fourth-order valence-electron chi connectivity index (χ4n) is 1.84. The summed E-state index contributed by atoms with van der Waals surface area (Å²) in [4.78, 5) is 10.4. The van der Waals surface area contributed by atoms with Crippen molar-refractivity contribution in [2.45, 2.75) is 44.1 Å². The number of hydrogen-bond acceptors (Lipinski definition) is 2. The summed E-state index contributed by atoms with van der Waals surface area (Å²) in [6.07, 6.45) is 7.39. The van der Waals surface area contributed by atoms with Gasteiger partial charge in [-0.25, -0.2) is 0 Å². The van der Waals surface area contributed by atoms with Gasteiger partial charge >= 0.3 is 0 Å². The number of carbonyl (C=O) groups is 1. The Kier molecular flexibility index (Phi) is 3.06. The molecule has 0 radical (unpaired) electrons. The van der Waals surface area contributed by atoms with E-state index in [-0.39, 0.29) is 5.60 Å². The van der Waals surface area contributed by atoms with Crippen molar-refractivity contribution in [2.24, 2.45) is 0 Å². The predicted octanol–water partition coefficient (Wildman–Crippen LogP) is 1.92. The molecule has 0 unspecified atom stereocenters. The highest BCUT2D eigenvalue weighted by atomic mass is 16.5. The molecule has 0 spiro atoms. The normalized spacial score (nSPS) is 23.0. The Morgan fingerprint density at radius 3 is 2.45 bits per heavy atom. The van der Waals surface area contributed by atoms with E-state index in [1.165, 1.54) is 19.3 Å². The Morgan fingerprint density at radius 1 is 1.36 bits per heavy atom. The van der Waals surface area contributed by atoms with Gasteiger partial charge in [-0.2, -0.15) is 0 Å². The molecule has 0 aromatic rings. The van der Waals surface area contributed by atoms with Crippen molar-refractivity contribution in [3.05, 3.63) is 0 Å². The molecule has 0 bridgehead atoms. The SMILES string of the molecule is COC1(CC=O)CCCCC1. The van der Waals surface area contributed by atoms with E-state index in [2.05, 4.69) is 0 Å². The molecule has 1 aliphatic rings. The van der Waals surface area contributed by atoms with Crippen molar-refractivity contribution in [2.75, 3.05) is 7.11 Å². The third kappa shape index (κ3) is 2.03. The Hall–Kier alpha value is -0.370. The summed E-state index contributed by atoms with van der Waals surface area (Å²) in [6.45, 7) is 0. The first-order valence-electron chi connectivity index (χ1n) is 4.32. The number of carbonyl (C=O) groups excluding carboxylic acids is 1. The lowest BCUT2D eigenvalue weighted by Gasteiger charge is -2.34. The molecule has 11 heavy (non-hydrogen) atoms. The highest BCUT2D eigenvalue weighted by molar-refractivity contribution is 5.51. The summed E-state index contributed by atoms with van der Waals surface area (Å²) in [7, 11) is 1.72. The molecule has 1 rings (SSSR count). The average Bonchev–Trinajstić information content (AvgIpc) is 2.07. The van der Waals surface area contributed by atoms with Gasteiger partial charge in [-0.3, -0.25) is 0 Å². The number of hydrogen-bond donors (Lipinski definition) is 0. The van der Waals surface area contributed by atoms with E-state index in [0.717, 1.165) is 19.1 Å². The largest absolute Gasteiger partial charge is 0.378 e. The van der Waals surface area contributed by atoms with Gasteiger partial charge < -0.3 is 9.53 Å². The van der Waals surface area contributed by atoms with Crippen LogP contribution in [0.2, 0.25) is 0 Å². The van der Waals surface area contributed by atoms with Crippen LogP contribution in [-0.4, -0.2) is 19.0 Å². The maximum Gasteiger partial charge on any atom is 0.122 e. The van der Waals surface area contributed by atoms with Gasteiger partial charge in [0.1, 0.15) is 6.29 Å². The summed E-state index contributed by atoms with van der Waals surface area (Å²) < 4.78 is 5.39. The first-order chi connectivity index (χ1) is 5.33. The van der Waals surface area contributed by atoms with E-state index in [4.69, 9.17) is 4.74 Å². The highest BCUT2D eigenvalue weighted by Crippen LogP contribution is 2.32. The second-order valence-electron chi connectivity index (χ2n) is 3.32. The Balaban J connectivity index is 2.49. The summed E-state index contributed by atoms with van der Waals surface area (Å²) >= 11 is 0. The molecule has 0 saturated heterocycles. The summed E-state index contributed by atoms with van der Waals surface area (Å²) in [5.41, 5.74) is -0.0972. The van der Waals surface area contributed by atoms with Gasteiger partial charge in [-0.1, -0.05) is 19.3 Å². The van der Waals surface area contributed by atoms with Crippen molar-refractivity contribution in [1.29, 1.82) is 0 Å². The second-order valence-corrected chi connectivity index (χ2v) is 3.32. The zero-order valence-electron chi connectivity index (χ0n) is 7.14. The average molecular weight is 156 g/mol. The van der Waals surface area contributed by atoms with Crippen LogP contribution in [0.5, 0.6) is 0 Å². The zero-order chi connectivity index (χ0) is 8.16. The van der Waals surface area contributed by atoms with Crippen LogP contribution in [0, 0.1) is 0 Å². The lowest BCUT2D eigenvalue weighted by atomic mass is 9.83. The Bertz CT molecular complexity index is 126. The van der Waals surface area contributed by atoms with Crippen molar-refractivity contribution in [3.8, 4) is 0 Å². The van der Waals surface area contributed by atoms with Crippen molar-refractivity contribution in [1.82, 2.24) is 0 Å². The molecule has 0 aromatic heterocycles. The van der Waals surface area contributed by atoms with Crippen LogP contribution in [0.1, 0.15) is 38.5 Å². The molecule has 0 heterocycles. The first kappa shape index (κ1) is 8.72. The van der Waals surface area contributed by atoms with Crippen LogP contribution in [0.25, 0.3) is 0 Å². The number of methoxy groups -OCH3 is 1. The third-order valence-electron chi connectivity index (χ3n) is 2.65. The maximum absolute atomic E-state index is 10.4. The van der Waals surface area contributed by atoms with Crippen LogP contribution >= 0.6 is 0 Å². The smallest absolute Gasteiger partial charge is 0.122 e. The minimum absolute atomic E-state index is 0.0972. The Morgan fingerprint density at radius 2 is 2.00 bits per heavy atom. The molecule has 0 N–H and O–H groups in total. The lowest BCUT2D eigenvalue weighted by Crippen LogP contribution is -2.34. The standard InChI is InChI=1S/C9H16O2/c1-11-9(7-8-10)5-3-2-4-6-9/h8H,2-7H2,1H3. The topological polar surface area (TPSA) is 26.3 Å². The molecule has 0 amide bonds. The minimum atomic E-state index is -0.0972. The van der Waals surface area contributed by atoms with Crippen LogP contribution in [0.3, 0.4) is 0 Å². The molecule has 2 heteroatoms. The van der Waals surface area contributed by atoms with E-state index in [1.807, 2.05) is 0 Å². The van der Waals surface area contributed by atoms with Gasteiger partial charge in [0, 0.05) is 13.5 Å². The first-order valence-corrected chi connectivity index (χ1v) is 4.32. The van der Waals surface area contributed by atoms with Crippen LogP contribution in [0.15, 0.2) is 0 Å². The number of rotatable bonds is 3. The zero-order valence-corrected chi connectivity index (χ0v) is 7.14. The van der Waals surface area contributed by atoms with Gasteiger partial charge in [0.15, 0.2) is 0 Å². The molecule has 1 fully saturated rings. The molecule has 0 aliphatic heterocycles. The van der Waals surface area contributed by atoms with Crippen molar-refractivity contribution >= 4 is 6.29 Å². The molecular weight excluding hydrogens is 140 g/mol. The lowest BCUT2D eigenvalue weighted by molar-refractivity contribution is -0.116. The maximum atomic E-state index is 10.4. The summed E-state index contributed by atoms with van der Waals surface area (Å²) in [5.74, 6) is 0. The van der Waals surface area contributed by atoms with Gasteiger partial charge in [-0.15, -0.1) is 0 Å². The van der Waals surface area contributed by atoms with Crippen molar-refractivity contribution < 1.29 is 9.53 Å². The third-order valence-corrected chi connectivity index (χ3v) is 2.65. The molecule has 1 aliphatic carbocycles.